The van der Waals surface area contributed by atoms with Crippen LogP contribution in [0.25, 0.3) is 0 Å². The number of nitro benzene ring substituents is 1. The van der Waals surface area contributed by atoms with E-state index in [4.69, 9.17) is 10.5 Å². The predicted octanol–water partition coefficient (Wildman–Crippen LogP) is 3.66. The van der Waals surface area contributed by atoms with E-state index in [9.17, 15) is 10.1 Å². The Morgan fingerprint density at radius 2 is 2.00 bits per heavy atom. The van der Waals surface area contributed by atoms with E-state index in [1.807, 2.05) is 0 Å². The maximum absolute atomic E-state index is 10.6. The normalized spacial score (nSPS) is 10.6. The summed E-state index contributed by atoms with van der Waals surface area (Å²) in [6.45, 7) is 3.37. The predicted molar refractivity (Wildman–Crippen MR) is 75.9 cm³/mol. The molecule has 1 rings (SSSR count). The van der Waals surface area contributed by atoms with Crippen LogP contribution in [-0.4, -0.2) is 11.5 Å². The van der Waals surface area contributed by atoms with Crippen molar-refractivity contribution in [3.05, 3.63) is 33.9 Å². The van der Waals surface area contributed by atoms with Crippen LogP contribution in [0.4, 0.5) is 11.4 Å². The van der Waals surface area contributed by atoms with Crippen molar-refractivity contribution in [1.29, 1.82) is 0 Å². The smallest absolute Gasteiger partial charge is 0.292 e. The minimum atomic E-state index is -0.478. The molecule has 0 aliphatic carbocycles. The molecule has 0 amide bonds. The minimum Gasteiger partial charge on any atom is -0.393 e. The summed E-state index contributed by atoms with van der Waals surface area (Å²) in [5.74, 6) is 0. The van der Waals surface area contributed by atoms with E-state index in [2.05, 4.69) is 6.92 Å². The summed E-state index contributed by atoms with van der Waals surface area (Å²) < 4.78 is 5.53. The molecule has 0 aliphatic rings. The van der Waals surface area contributed by atoms with Crippen LogP contribution in [0.5, 0.6) is 0 Å². The van der Waals surface area contributed by atoms with Crippen molar-refractivity contribution in [2.75, 3.05) is 12.3 Å². The number of unbranched alkanes of at least 4 members (excludes halogenated alkanes) is 4. The van der Waals surface area contributed by atoms with Crippen LogP contribution in [0.1, 0.15) is 44.6 Å². The number of nitro groups is 1. The first-order chi connectivity index (χ1) is 9.15. The van der Waals surface area contributed by atoms with E-state index in [1.165, 1.54) is 31.7 Å². The van der Waals surface area contributed by atoms with Gasteiger partial charge in [0.05, 0.1) is 11.5 Å². The Balaban J connectivity index is 2.26. The summed E-state index contributed by atoms with van der Waals surface area (Å²) in [6.07, 6.45) is 6.02. The third-order valence-electron chi connectivity index (χ3n) is 2.95. The van der Waals surface area contributed by atoms with Crippen LogP contribution in [0.2, 0.25) is 0 Å². The molecule has 0 atom stereocenters. The Kier molecular flexibility index (Phi) is 6.89. The highest BCUT2D eigenvalue weighted by molar-refractivity contribution is 5.59. The zero-order valence-electron chi connectivity index (χ0n) is 11.4. The Morgan fingerprint density at radius 1 is 1.26 bits per heavy atom. The molecule has 19 heavy (non-hydrogen) atoms. The highest BCUT2D eigenvalue weighted by atomic mass is 16.6. The lowest BCUT2D eigenvalue weighted by atomic mass is 10.1. The average molecular weight is 266 g/mol. The fourth-order valence-electron chi connectivity index (χ4n) is 1.86. The van der Waals surface area contributed by atoms with Crippen LogP contribution in [0.15, 0.2) is 18.2 Å². The summed E-state index contributed by atoms with van der Waals surface area (Å²) in [7, 11) is 0. The van der Waals surface area contributed by atoms with E-state index < -0.39 is 4.92 Å². The zero-order valence-corrected chi connectivity index (χ0v) is 11.4. The fraction of sp³-hybridized carbons (Fsp3) is 0.571. The second-order valence-corrected chi connectivity index (χ2v) is 4.62. The lowest BCUT2D eigenvalue weighted by molar-refractivity contribution is -0.383. The Hall–Kier alpha value is -1.62. The summed E-state index contributed by atoms with van der Waals surface area (Å²) in [5, 5.41) is 10.6. The summed E-state index contributed by atoms with van der Waals surface area (Å²) in [6, 6.07) is 4.72. The molecule has 0 aromatic heterocycles. The Labute approximate surface area is 113 Å². The van der Waals surface area contributed by atoms with Crippen LogP contribution in [-0.2, 0) is 11.3 Å². The average Bonchev–Trinajstić information content (AvgIpc) is 2.37. The van der Waals surface area contributed by atoms with Gasteiger partial charge in [-0.25, -0.2) is 0 Å². The van der Waals surface area contributed by atoms with Gasteiger partial charge in [0.25, 0.3) is 5.69 Å². The first-order valence-corrected chi connectivity index (χ1v) is 6.75. The molecule has 0 bridgehead atoms. The third-order valence-corrected chi connectivity index (χ3v) is 2.95. The van der Waals surface area contributed by atoms with Gasteiger partial charge in [-0.2, -0.15) is 0 Å². The van der Waals surface area contributed by atoms with Crippen LogP contribution in [0, 0.1) is 10.1 Å². The number of rotatable bonds is 9. The third kappa shape index (κ3) is 5.70. The number of nitrogen functional groups attached to an aromatic ring is 1. The standard InChI is InChI=1S/C14H22N2O3/c1-2-3-4-5-6-9-19-11-12-7-8-14(16(17)18)13(15)10-12/h7-8,10H,2-6,9,11,15H2,1H3. The molecule has 2 N–H and O–H groups in total. The quantitative estimate of drug-likeness (QED) is 0.320. The van der Waals surface area contributed by atoms with Crippen LogP contribution >= 0.6 is 0 Å². The molecule has 0 unspecified atom stereocenters. The molecule has 0 aliphatic heterocycles. The van der Waals surface area contributed by atoms with Crippen molar-refractivity contribution in [3.8, 4) is 0 Å². The van der Waals surface area contributed by atoms with Gasteiger partial charge >= 0.3 is 0 Å². The molecule has 0 saturated heterocycles. The van der Waals surface area contributed by atoms with Crippen molar-refractivity contribution < 1.29 is 9.66 Å². The molecule has 0 spiro atoms. The number of anilines is 1. The number of nitrogens with two attached hydrogens (primary N) is 1. The molecule has 106 valence electrons. The van der Waals surface area contributed by atoms with E-state index in [1.54, 1.807) is 12.1 Å². The van der Waals surface area contributed by atoms with Gasteiger partial charge in [0.15, 0.2) is 0 Å². The van der Waals surface area contributed by atoms with E-state index in [-0.39, 0.29) is 11.4 Å². The van der Waals surface area contributed by atoms with E-state index in [0.717, 1.165) is 18.6 Å². The molecular weight excluding hydrogens is 244 g/mol. The maximum atomic E-state index is 10.6. The molecule has 0 radical (unpaired) electrons. The van der Waals surface area contributed by atoms with Crippen LogP contribution in [0.3, 0.4) is 0 Å². The van der Waals surface area contributed by atoms with Crippen molar-refractivity contribution in [1.82, 2.24) is 0 Å². The second kappa shape index (κ2) is 8.48. The van der Waals surface area contributed by atoms with Gasteiger partial charge in [-0.05, 0) is 24.1 Å². The van der Waals surface area contributed by atoms with Gasteiger partial charge in [-0.15, -0.1) is 0 Å². The lowest BCUT2D eigenvalue weighted by Gasteiger charge is -2.05. The number of nitrogens with zero attached hydrogens (tertiary/aromatic N) is 1. The Bertz CT molecular complexity index is 408. The summed E-state index contributed by atoms with van der Waals surface area (Å²) in [4.78, 5) is 10.1. The molecule has 1 aromatic carbocycles. The van der Waals surface area contributed by atoms with Crippen molar-refractivity contribution in [2.24, 2.45) is 0 Å². The number of benzene rings is 1. The maximum Gasteiger partial charge on any atom is 0.292 e. The van der Waals surface area contributed by atoms with Crippen molar-refractivity contribution in [2.45, 2.75) is 45.6 Å². The molecule has 5 heteroatoms. The first-order valence-electron chi connectivity index (χ1n) is 6.75. The molecule has 1 aromatic rings. The number of hydrogen-bond donors (Lipinski definition) is 1. The topological polar surface area (TPSA) is 78.4 Å². The molecule has 0 heterocycles. The van der Waals surface area contributed by atoms with E-state index >= 15 is 0 Å². The van der Waals surface area contributed by atoms with Crippen molar-refractivity contribution >= 4 is 11.4 Å². The number of hydrogen-bond acceptors (Lipinski definition) is 4. The molecule has 0 fully saturated rings. The first kappa shape index (κ1) is 15.4. The van der Waals surface area contributed by atoms with Gasteiger partial charge in [0.1, 0.15) is 5.69 Å². The fourth-order valence-corrected chi connectivity index (χ4v) is 1.86. The molecule has 0 saturated carbocycles. The van der Waals surface area contributed by atoms with Gasteiger partial charge in [0.2, 0.25) is 0 Å². The zero-order chi connectivity index (χ0) is 14.1. The van der Waals surface area contributed by atoms with Gasteiger partial charge in [-0.3, -0.25) is 10.1 Å². The van der Waals surface area contributed by atoms with Gasteiger partial charge in [-0.1, -0.05) is 32.6 Å². The van der Waals surface area contributed by atoms with Gasteiger partial charge < -0.3 is 10.5 Å². The highest BCUT2D eigenvalue weighted by Gasteiger charge is 2.10. The van der Waals surface area contributed by atoms with Crippen LogP contribution < -0.4 is 5.73 Å². The Morgan fingerprint density at radius 3 is 2.63 bits per heavy atom. The minimum absolute atomic E-state index is 0.0525. The van der Waals surface area contributed by atoms with E-state index in [0.29, 0.717) is 6.61 Å². The second-order valence-electron chi connectivity index (χ2n) is 4.62. The molecular formula is C14H22N2O3. The highest BCUT2D eigenvalue weighted by Crippen LogP contribution is 2.22. The van der Waals surface area contributed by atoms with Crippen molar-refractivity contribution in [3.63, 3.8) is 0 Å². The SMILES string of the molecule is CCCCCCCOCc1ccc([N+](=O)[O-])c(N)c1. The summed E-state index contributed by atoms with van der Waals surface area (Å²) >= 11 is 0. The lowest BCUT2D eigenvalue weighted by Crippen LogP contribution is -1.99. The monoisotopic (exact) mass is 266 g/mol. The largest absolute Gasteiger partial charge is 0.393 e. The van der Waals surface area contributed by atoms with Gasteiger partial charge in [0, 0.05) is 12.7 Å². The number of ether oxygens (including phenoxy) is 1. The summed E-state index contributed by atoms with van der Waals surface area (Å²) in [5.41, 5.74) is 6.62. The molecule has 5 nitrogen and oxygen atoms in total.